The molecule has 148 valence electrons. The molecular formula is C22H25Cl2N3O. The Morgan fingerprint density at radius 1 is 1.07 bits per heavy atom. The van der Waals surface area contributed by atoms with Crippen molar-refractivity contribution >= 4 is 40.9 Å². The zero-order chi connectivity index (χ0) is 20.1. The lowest BCUT2D eigenvalue weighted by molar-refractivity contribution is -0.116. The molecule has 0 aliphatic carbocycles. The topological polar surface area (TPSA) is 35.6 Å². The van der Waals surface area contributed by atoms with Gasteiger partial charge in [-0.05, 0) is 55.4 Å². The molecule has 1 aliphatic heterocycles. The number of nitrogens with one attached hydrogen (secondary N) is 1. The van der Waals surface area contributed by atoms with E-state index in [1.54, 1.807) is 6.08 Å². The van der Waals surface area contributed by atoms with Gasteiger partial charge in [0, 0.05) is 60.1 Å². The van der Waals surface area contributed by atoms with Crippen molar-refractivity contribution in [3.63, 3.8) is 0 Å². The van der Waals surface area contributed by atoms with E-state index in [-0.39, 0.29) is 5.91 Å². The van der Waals surface area contributed by atoms with Gasteiger partial charge in [0.15, 0.2) is 0 Å². The fourth-order valence-electron chi connectivity index (χ4n) is 3.27. The predicted molar refractivity (Wildman–Crippen MR) is 118 cm³/mol. The average Bonchev–Trinajstić information content (AvgIpc) is 2.67. The number of carbonyl (C=O) groups is 1. The third kappa shape index (κ3) is 5.51. The molecule has 6 heteroatoms. The van der Waals surface area contributed by atoms with Crippen LogP contribution < -0.4 is 10.2 Å². The van der Waals surface area contributed by atoms with Gasteiger partial charge in [0.05, 0.1) is 0 Å². The fraction of sp³-hybridized carbons (Fsp3) is 0.318. The number of piperazine rings is 1. The first kappa shape index (κ1) is 20.7. The third-order valence-electron chi connectivity index (χ3n) is 4.96. The van der Waals surface area contributed by atoms with E-state index >= 15 is 0 Å². The molecule has 0 unspecified atom stereocenters. The summed E-state index contributed by atoms with van der Waals surface area (Å²) in [5.74, 6) is -0.131. The Morgan fingerprint density at radius 2 is 1.75 bits per heavy atom. The molecule has 4 nitrogen and oxygen atoms in total. The van der Waals surface area contributed by atoms with Crippen molar-refractivity contribution in [1.29, 1.82) is 0 Å². The quantitative estimate of drug-likeness (QED) is 0.732. The van der Waals surface area contributed by atoms with E-state index in [9.17, 15) is 4.79 Å². The summed E-state index contributed by atoms with van der Waals surface area (Å²) < 4.78 is 0. The number of benzene rings is 2. The Balaban J connectivity index is 1.71. The number of anilines is 1. The van der Waals surface area contributed by atoms with Crippen LogP contribution >= 0.6 is 23.2 Å². The summed E-state index contributed by atoms with van der Waals surface area (Å²) in [5.41, 5.74) is 4.19. The van der Waals surface area contributed by atoms with Gasteiger partial charge in [-0.2, -0.15) is 0 Å². The van der Waals surface area contributed by atoms with Crippen molar-refractivity contribution in [2.45, 2.75) is 13.5 Å². The summed E-state index contributed by atoms with van der Waals surface area (Å²) in [6.45, 7) is 6.40. The number of hydrogen-bond acceptors (Lipinski definition) is 3. The molecule has 0 atom stereocenters. The zero-order valence-electron chi connectivity index (χ0n) is 16.2. The van der Waals surface area contributed by atoms with Crippen LogP contribution in [0.5, 0.6) is 0 Å². The van der Waals surface area contributed by atoms with Gasteiger partial charge in [-0.25, -0.2) is 0 Å². The van der Waals surface area contributed by atoms with Gasteiger partial charge in [0.1, 0.15) is 0 Å². The number of carbonyl (C=O) groups excluding carboxylic acids is 1. The van der Waals surface area contributed by atoms with Crippen LogP contribution in [0.25, 0.3) is 6.08 Å². The standard InChI is InChI=1S/C22H25Cl2N3O/c1-16-13-19(24)14-21(27-11-9-26(2)10-12-27)20(16)7-8-22(28)25-15-17-3-5-18(23)6-4-17/h3-8,13-14H,9-12,15H2,1-2H3,(H,25,28)/b8-7-. The summed E-state index contributed by atoms with van der Waals surface area (Å²) in [6, 6.07) is 11.4. The van der Waals surface area contributed by atoms with E-state index in [0.717, 1.165) is 53.6 Å². The smallest absolute Gasteiger partial charge is 0.244 e. The van der Waals surface area contributed by atoms with Crippen LogP contribution in [0.2, 0.25) is 10.0 Å². The number of likely N-dealkylation sites (N-methyl/N-ethyl adjacent to an activating group) is 1. The van der Waals surface area contributed by atoms with Crippen molar-refractivity contribution < 1.29 is 4.79 Å². The molecule has 0 spiro atoms. The minimum Gasteiger partial charge on any atom is -0.368 e. The summed E-state index contributed by atoms with van der Waals surface area (Å²) >= 11 is 12.2. The van der Waals surface area contributed by atoms with Crippen molar-refractivity contribution in [1.82, 2.24) is 10.2 Å². The van der Waals surface area contributed by atoms with Gasteiger partial charge < -0.3 is 15.1 Å². The predicted octanol–water partition coefficient (Wildman–Crippen LogP) is 4.38. The van der Waals surface area contributed by atoms with Crippen LogP contribution in [-0.4, -0.2) is 44.0 Å². The molecule has 3 rings (SSSR count). The number of aryl methyl sites for hydroxylation is 1. The van der Waals surface area contributed by atoms with Gasteiger partial charge >= 0.3 is 0 Å². The first-order chi connectivity index (χ1) is 13.4. The largest absolute Gasteiger partial charge is 0.368 e. The number of halogens is 2. The highest BCUT2D eigenvalue weighted by atomic mass is 35.5. The summed E-state index contributed by atoms with van der Waals surface area (Å²) in [7, 11) is 2.13. The highest BCUT2D eigenvalue weighted by Crippen LogP contribution is 2.30. The molecule has 1 saturated heterocycles. The SMILES string of the molecule is Cc1cc(Cl)cc(N2CCN(C)CC2)c1/C=C\C(=O)NCc1ccc(Cl)cc1. The second-order valence-corrected chi connectivity index (χ2v) is 8.00. The van der Waals surface area contributed by atoms with Crippen molar-refractivity contribution in [2.24, 2.45) is 0 Å². The lowest BCUT2D eigenvalue weighted by atomic mass is 10.0. The molecule has 1 heterocycles. The molecule has 0 aromatic heterocycles. The Labute approximate surface area is 176 Å². The molecule has 1 amide bonds. The summed E-state index contributed by atoms with van der Waals surface area (Å²) in [6.07, 6.45) is 3.47. The van der Waals surface area contributed by atoms with Crippen LogP contribution in [0.3, 0.4) is 0 Å². The van der Waals surface area contributed by atoms with Crippen LogP contribution in [0.1, 0.15) is 16.7 Å². The van der Waals surface area contributed by atoms with Gasteiger partial charge in [-0.1, -0.05) is 35.3 Å². The minimum atomic E-state index is -0.131. The van der Waals surface area contributed by atoms with Gasteiger partial charge in [0.2, 0.25) is 5.91 Å². The maximum Gasteiger partial charge on any atom is 0.244 e. The normalized spacial score (nSPS) is 15.2. The van der Waals surface area contributed by atoms with Crippen LogP contribution in [-0.2, 0) is 11.3 Å². The van der Waals surface area contributed by atoms with Gasteiger partial charge in [0.25, 0.3) is 0 Å². The van der Waals surface area contributed by atoms with E-state index in [1.165, 1.54) is 0 Å². The second-order valence-electron chi connectivity index (χ2n) is 7.12. The molecule has 1 N–H and O–H groups in total. The van der Waals surface area contributed by atoms with E-state index in [0.29, 0.717) is 11.6 Å². The van der Waals surface area contributed by atoms with E-state index in [2.05, 4.69) is 22.2 Å². The molecule has 0 saturated carbocycles. The number of nitrogens with zero attached hydrogens (tertiary/aromatic N) is 2. The minimum absolute atomic E-state index is 0.131. The van der Waals surface area contributed by atoms with Crippen LogP contribution in [0.15, 0.2) is 42.5 Å². The molecule has 2 aromatic carbocycles. The Hall–Kier alpha value is -2.01. The second kappa shape index (κ2) is 9.46. The highest BCUT2D eigenvalue weighted by molar-refractivity contribution is 6.31. The first-order valence-corrected chi connectivity index (χ1v) is 10.1. The summed E-state index contributed by atoms with van der Waals surface area (Å²) in [5, 5.41) is 4.31. The maximum absolute atomic E-state index is 12.3. The van der Waals surface area contributed by atoms with Crippen molar-refractivity contribution in [3.8, 4) is 0 Å². The molecule has 1 aliphatic rings. The first-order valence-electron chi connectivity index (χ1n) is 9.36. The Kier molecular flexibility index (Phi) is 7.00. The van der Waals surface area contributed by atoms with E-state index < -0.39 is 0 Å². The lowest BCUT2D eigenvalue weighted by Crippen LogP contribution is -2.44. The van der Waals surface area contributed by atoms with E-state index in [1.807, 2.05) is 49.4 Å². The van der Waals surface area contributed by atoms with Crippen molar-refractivity contribution in [2.75, 3.05) is 38.1 Å². The molecule has 0 radical (unpaired) electrons. The molecule has 1 fully saturated rings. The monoisotopic (exact) mass is 417 g/mol. The Bertz CT molecular complexity index is 857. The number of rotatable bonds is 5. The molecule has 2 aromatic rings. The van der Waals surface area contributed by atoms with Crippen LogP contribution in [0.4, 0.5) is 5.69 Å². The highest BCUT2D eigenvalue weighted by Gasteiger charge is 2.18. The average molecular weight is 418 g/mol. The molecular weight excluding hydrogens is 393 g/mol. The number of amides is 1. The van der Waals surface area contributed by atoms with Gasteiger partial charge in [-0.3, -0.25) is 4.79 Å². The van der Waals surface area contributed by atoms with Crippen LogP contribution in [0, 0.1) is 6.92 Å². The Morgan fingerprint density at radius 3 is 2.43 bits per heavy atom. The molecule has 0 bridgehead atoms. The van der Waals surface area contributed by atoms with Crippen molar-refractivity contribution in [3.05, 3.63) is 69.2 Å². The lowest BCUT2D eigenvalue weighted by Gasteiger charge is -2.35. The number of hydrogen-bond donors (Lipinski definition) is 1. The van der Waals surface area contributed by atoms with Gasteiger partial charge in [-0.15, -0.1) is 0 Å². The molecule has 28 heavy (non-hydrogen) atoms. The summed E-state index contributed by atoms with van der Waals surface area (Å²) in [4.78, 5) is 16.9. The fourth-order valence-corrected chi connectivity index (χ4v) is 3.66. The van der Waals surface area contributed by atoms with E-state index in [4.69, 9.17) is 23.2 Å². The third-order valence-corrected chi connectivity index (χ3v) is 5.43. The zero-order valence-corrected chi connectivity index (χ0v) is 17.7. The maximum atomic E-state index is 12.3.